The summed E-state index contributed by atoms with van der Waals surface area (Å²) in [7, 11) is 1.93. The topological polar surface area (TPSA) is 44.1 Å². The zero-order chi connectivity index (χ0) is 16.8. The lowest BCUT2D eigenvalue weighted by molar-refractivity contribution is -0.140. The summed E-state index contributed by atoms with van der Waals surface area (Å²) in [5.41, 5.74) is 3.39. The molecule has 4 heteroatoms. The van der Waals surface area contributed by atoms with Gasteiger partial charge in [-0.1, -0.05) is 43.0 Å². The van der Waals surface area contributed by atoms with Gasteiger partial charge in [0.1, 0.15) is 12.4 Å². The summed E-state index contributed by atoms with van der Waals surface area (Å²) in [6.07, 6.45) is 3.19. The van der Waals surface area contributed by atoms with Crippen LogP contribution >= 0.6 is 0 Å². The molecule has 0 amide bonds. The molecule has 0 atom stereocenters. The second-order valence-corrected chi connectivity index (χ2v) is 5.49. The van der Waals surface area contributed by atoms with Gasteiger partial charge in [-0.15, -0.1) is 6.58 Å². The van der Waals surface area contributed by atoms with Crippen LogP contribution in [-0.4, -0.2) is 15.5 Å². The number of hydrogen-bond acceptors (Lipinski definition) is 3. The Hall–Kier alpha value is -2.62. The fraction of sp³-hybridized carbons (Fsp3) is 0.263. The van der Waals surface area contributed by atoms with Crippen molar-refractivity contribution < 1.29 is 9.53 Å². The molecule has 0 bridgehead atoms. The minimum Gasteiger partial charge on any atom is -0.456 e. The molecule has 120 valence electrons. The van der Waals surface area contributed by atoms with E-state index < -0.39 is 0 Å². The molecule has 0 N–H and O–H groups in total. The monoisotopic (exact) mass is 310 g/mol. The first-order chi connectivity index (χ1) is 11.0. The van der Waals surface area contributed by atoms with Gasteiger partial charge in [-0.2, -0.15) is 0 Å². The van der Waals surface area contributed by atoms with Crippen LogP contribution in [0.4, 0.5) is 0 Å². The summed E-state index contributed by atoms with van der Waals surface area (Å²) in [6.45, 7) is 9.20. The number of esters is 1. The van der Waals surface area contributed by atoms with Gasteiger partial charge in [0.25, 0.3) is 0 Å². The van der Waals surface area contributed by atoms with E-state index in [2.05, 4.69) is 25.3 Å². The molecule has 0 saturated carbocycles. The highest BCUT2D eigenvalue weighted by Gasteiger charge is 2.16. The smallest absolute Gasteiger partial charge is 0.333 e. The highest BCUT2D eigenvalue weighted by molar-refractivity contribution is 5.86. The molecular formula is C19H22N2O2. The maximum atomic E-state index is 11.7. The predicted molar refractivity (Wildman–Crippen MR) is 91.0 cm³/mol. The summed E-state index contributed by atoms with van der Waals surface area (Å²) in [5, 5.41) is 0. The predicted octanol–water partition coefficient (Wildman–Crippen LogP) is 3.36. The van der Waals surface area contributed by atoms with E-state index in [4.69, 9.17) is 9.72 Å². The zero-order valence-corrected chi connectivity index (χ0v) is 13.7. The molecule has 1 aromatic heterocycles. The van der Waals surface area contributed by atoms with E-state index in [1.54, 1.807) is 6.92 Å². The minimum atomic E-state index is -0.387. The van der Waals surface area contributed by atoms with E-state index in [0.717, 1.165) is 17.2 Å². The number of rotatable bonds is 7. The summed E-state index contributed by atoms with van der Waals surface area (Å²) >= 11 is 0. The third kappa shape index (κ3) is 4.19. The Kier molecular flexibility index (Phi) is 5.52. The number of hydrogen-bond donors (Lipinski definition) is 0. The van der Waals surface area contributed by atoms with E-state index in [0.29, 0.717) is 18.4 Å². The quantitative estimate of drug-likeness (QED) is 0.447. The number of benzene rings is 1. The molecule has 0 saturated heterocycles. The van der Waals surface area contributed by atoms with E-state index in [1.807, 2.05) is 35.9 Å². The van der Waals surface area contributed by atoms with Crippen molar-refractivity contribution in [3.05, 3.63) is 77.9 Å². The van der Waals surface area contributed by atoms with Crippen LogP contribution < -0.4 is 0 Å². The van der Waals surface area contributed by atoms with Gasteiger partial charge in [0, 0.05) is 25.5 Å². The Morgan fingerprint density at radius 2 is 2.04 bits per heavy atom. The number of aromatic nitrogens is 2. The van der Waals surface area contributed by atoms with Gasteiger partial charge in [0.2, 0.25) is 0 Å². The standard InChI is InChI=1S/C19H22N2O2/c1-5-9-18-20-16(12-15-10-7-6-8-11-15)17(21(18)4)13-23-19(22)14(2)3/h5-8,10-11H,1-2,9,12-13H2,3-4H3. The van der Waals surface area contributed by atoms with Gasteiger partial charge < -0.3 is 9.30 Å². The molecule has 0 aliphatic rings. The first kappa shape index (κ1) is 16.7. The number of carbonyl (C=O) groups excluding carboxylic acids is 1. The molecule has 1 aromatic carbocycles. The van der Waals surface area contributed by atoms with Crippen LogP contribution in [0.15, 0.2) is 55.1 Å². The van der Waals surface area contributed by atoms with Gasteiger partial charge in [0.15, 0.2) is 0 Å². The average molecular weight is 310 g/mol. The molecule has 23 heavy (non-hydrogen) atoms. The molecule has 4 nitrogen and oxygen atoms in total. The lowest BCUT2D eigenvalue weighted by atomic mass is 10.1. The number of imidazole rings is 1. The normalized spacial score (nSPS) is 10.3. The zero-order valence-electron chi connectivity index (χ0n) is 13.7. The van der Waals surface area contributed by atoms with E-state index >= 15 is 0 Å². The SMILES string of the molecule is C=CCc1nc(Cc2ccccc2)c(COC(=O)C(=C)C)n1C. The lowest BCUT2D eigenvalue weighted by Gasteiger charge is -2.08. The van der Waals surface area contributed by atoms with Crippen molar-refractivity contribution in [3.63, 3.8) is 0 Å². The molecular weight excluding hydrogens is 288 g/mol. The van der Waals surface area contributed by atoms with Crippen LogP contribution in [0.5, 0.6) is 0 Å². The molecule has 0 fully saturated rings. The molecule has 0 aliphatic heterocycles. The highest BCUT2D eigenvalue weighted by Crippen LogP contribution is 2.17. The highest BCUT2D eigenvalue weighted by atomic mass is 16.5. The second-order valence-electron chi connectivity index (χ2n) is 5.49. The van der Waals surface area contributed by atoms with Crippen LogP contribution in [0, 0.1) is 0 Å². The van der Waals surface area contributed by atoms with E-state index in [1.165, 1.54) is 5.56 Å². The Balaban J connectivity index is 2.27. The van der Waals surface area contributed by atoms with Gasteiger partial charge in [-0.3, -0.25) is 0 Å². The Bertz CT molecular complexity index is 714. The Morgan fingerprint density at radius 1 is 1.35 bits per heavy atom. The van der Waals surface area contributed by atoms with Crippen LogP contribution in [0.3, 0.4) is 0 Å². The van der Waals surface area contributed by atoms with E-state index in [-0.39, 0.29) is 12.6 Å². The first-order valence-corrected chi connectivity index (χ1v) is 7.53. The summed E-state index contributed by atoms with van der Waals surface area (Å²) in [5.74, 6) is 0.523. The average Bonchev–Trinajstić information content (AvgIpc) is 2.82. The fourth-order valence-electron chi connectivity index (χ4n) is 2.32. The van der Waals surface area contributed by atoms with Gasteiger partial charge in [0.05, 0.1) is 11.4 Å². The van der Waals surface area contributed by atoms with Crippen molar-refractivity contribution in [2.45, 2.75) is 26.4 Å². The van der Waals surface area contributed by atoms with Gasteiger partial charge in [-0.25, -0.2) is 9.78 Å². The van der Waals surface area contributed by atoms with Crippen molar-refractivity contribution in [3.8, 4) is 0 Å². The van der Waals surface area contributed by atoms with Gasteiger partial charge in [-0.05, 0) is 12.5 Å². The number of carbonyl (C=O) groups is 1. The Morgan fingerprint density at radius 3 is 2.65 bits per heavy atom. The maximum Gasteiger partial charge on any atom is 0.333 e. The van der Waals surface area contributed by atoms with Gasteiger partial charge >= 0.3 is 5.97 Å². The lowest BCUT2D eigenvalue weighted by Crippen LogP contribution is -2.10. The molecule has 2 aromatic rings. The van der Waals surface area contributed by atoms with E-state index in [9.17, 15) is 4.79 Å². The summed E-state index contributed by atoms with van der Waals surface area (Å²) < 4.78 is 7.29. The fourth-order valence-corrected chi connectivity index (χ4v) is 2.32. The molecule has 2 rings (SSSR count). The minimum absolute atomic E-state index is 0.189. The molecule has 0 unspecified atom stereocenters. The maximum absolute atomic E-state index is 11.7. The first-order valence-electron chi connectivity index (χ1n) is 7.53. The van der Waals surface area contributed by atoms with Crippen molar-refractivity contribution in [1.29, 1.82) is 0 Å². The summed E-state index contributed by atoms with van der Waals surface area (Å²) in [4.78, 5) is 16.4. The molecule has 0 radical (unpaired) electrons. The van der Waals surface area contributed by atoms with Crippen molar-refractivity contribution in [2.24, 2.45) is 7.05 Å². The number of allylic oxidation sites excluding steroid dienone is 1. The molecule has 0 aliphatic carbocycles. The van der Waals surface area contributed by atoms with Crippen LogP contribution in [0.2, 0.25) is 0 Å². The van der Waals surface area contributed by atoms with Crippen LogP contribution in [-0.2, 0) is 36.0 Å². The number of nitrogens with zero attached hydrogens (tertiary/aromatic N) is 2. The Labute approximate surface area is 137 Å². The largest absolute Gasteiger partial charge is 0.456 e. The molecule has 0 spiro atoms. The third-order valence-corrected chi connectivity index (χ3v) is 3.62. The van der Waals surface area contributed by atoms with Crippen molar-refractivity contribution in [1.82, 2.24) is 9.55 Å². The van der Waals surface area contributed by atoms with Crippen LogP contribution in [0.25, 0.3) is 0 Å². The van der Waals surface area contributed by atoms with Crippen LogP contribution in [0.1, 0.15) is 29.7 Å². The third-order valence-electron chi connectivity index (χ3n) is 3.62. The van der Waals surface area contributed by atoms with Crippen molar-refractivity contribution in [2.75, 3.05) is 0 Å². The number of ether oxygens (including phenoxy) is 1. The summed E-state index contributed by atoms with van der Waals surface area (Å²) in [6, 6.07) is 10.1. The second kappa shape index (κ2) is 7.58. The molecule has 1 heterocycles. The van der Waals surface area contributed by atoms with Crippen molar-refractivity contribution >= 4 is 5.97 Å².